The van der Waals surface area contributed by atoms with Gasteiger partial charge < -0.3 is 15.4 Å². The number of rotatable bonds is 8. The first-order valence-electron chi connectivity index (χ1n) is 7.28. The summed E-state index contributed by atoms with van der Waals surface area (Å²) in [4.78, 5) is 13.7. The Morgan fingerprint density at radius 1 is 1.32 bits per heavy atom. The quantitative estimate of drug-likeness (QED) is 0.783. The molecule has 126 valence electrons. The lowest BCUT2D eigenvalue weighted by Gasteiger charge is -2.21. The molecular weight excluding hydrogens is 323 g/mol. The van der Waals surface area contributed by atoms with Crippen molar-refractivity contribution in [2.75, 3.05) is 20.2 Å². The van der Waals surface area contributed by atoms with E-state index in [1.807, 2.05) is 0 Å². The first-order chi connectivity index (χ1) is 9.90. The standard InChI is InChI=1S/C16H25ClN2O2.ClH/c1-12(2)15(18)8-10-19(3)16(20)9-11-21-14-6-4-13(17)5-7-14;/h4-7,12,15H,8-11,18H2,1-3H3;1H. The maximum atomic E-state index is 12.0. The molecule has 4 nitrogen and oxygen atoms in total. The predicted molar refractivity (Wildman–Crippen MR) is 93.9 cm³/mol. The molecule has 0 spiro atoms. The second-order valence-electron chi connectivity index (χ2n) is 5.56. The SMILES string of the molecule is CC(C)C(N)CCN(C)C(=O)CCOc1ccc(Cl)cc1.Cl. The van der Waals surface area contributed by atoms with Gasteiger partial charge in [0.15, 0.2) is 0 Å². The van der Waals surface area contributed by atoms with Gasteiger partial charge in [0.1, 0.15) is 5.75 Å². The average Bonchev–Trinajstić information content (AvgIpc) is 2.46. The highest BCUT2D eigenvalue weighted by Crippen LogP contribution is 2.15. The third kappa shape index (κ3) is 7.87. The molecular formula is C16H26Cl2N2O2. The van der Waals surface area contributed by atoms with E-state index in [0.29, 0.717) is 30.5 Å². The second-order valence-corrected chi connectivity index (χ2v) is 6.00. The summed E-state index contributed by atoms with van der Waals surface area (Å²) in [5.41, 5.74) is 5.98. The minimum absolute atomic E-state index is 0. The lowest BCUT2D eigenvalue weighted by molar-refractivity contribution is -0.130. The number of amides is 1. The Kier molecular flexibility index (Phi) is 10.2. The number of hydrogen-bond acceptors (Lipinski definition) is 3. The summed E-state index contributed by atoms with van der Waals surface area (Å²) in [5, 5.41) is 0.666. The molecule has 1 aromatic rings. The van der Waals surface area contributed by atoms with Gasteiger partial charge in [0, 0.05) is 24.7 Å². The fraction of sp³-hybridized carbons (Fsp3) is 0.562. The zero-order valence-electron chi connectivity index (χ0n) is 13.4. The molecule has 0 fully saturated rings. The Morgan fingerprint density at radius 2 is 1.91 bits per heavy atom. The van der Waals surface area contributed by atoms with Gasteiger partial charge in [0.25, 0.3) is 0 Å². The highest BCUT2D eigenvalue weighted by atomic mass is 35.5. The van der Waals surface area contributed by atoms with E-state index in [4.69, 9.17) is 22.1 Å². The third-order valence-corrected chi connectivity index (χ3v) is 3.73. The molecule has 0 aliphatic rings. The van der Waals surface area contributed by atoms with Crippen LogP contribution in [0.4, 0.5) is 0 Å². The van der Waals surface area contributed by atoms with Crippen LogP contribution in [0, 0.1) is 5.92 Å². The Balaban J connectivity index is 0.00000441. The summed E-state index contributed by atoms with van der Waals surface area (Å²) in [7, 11) is 1.80. The highest BCUT2D eigenvalue weighted by molar-refractivity contribution is 6.30. The van der Waals surface area contributed by atoms with Crippen LogP contribution in [0.5, 0.6) is 5.75 Å². The van der Waals surface area contributed by atoms with Gasteiger partial charge in [-0.2, -0.15) is 0 Å². The van der Waals surface area contributed by atoms with Crippen LogP contribution in [-0.2, 0) is 4.79 Å². The average molecular weight is 349 g/mol. The van der Waals surface area contributed by atoms with Crippen molar-refractivity contribution in [3.63, 3.8) is 0 Å². The van der Waals surface area contributed by atoms with Gasteiger partial charge in [0.2, 0.25) is 5.91 Å². The first-order valence-corrected chi connectivity index (χ1v) is 7.66. The molecule has 1 unspecified atom stereocenters. The van der Waals surface area contributed by atoms with Gasteiger partial charge in [-0.25, -0.2) is 0 Å². The lowest BCUT2D eigenvalue weighted by atomic mass is 10.0. The normalized spacial score (nSPS) is 11.7. The van der Waals surface area contributed by atoms with E-state index in [9.17, 15) is 4.79 Å². The summed E-state index contributed by atoms with van der Waals surface area (Å²) < 4.78 is 5.51. The van der Waals surface area contributed by atoms with Gasteiger partial charge in [-0.1, -0.05) is 25.4 Å². The number of hydrogen-bond donors (Lipinski definition) is 1. The van der Waals surface area contributed by atoms with Crippen molar-refractivity contribution in [3.8, 4) is 5.75 Å². The molecule has 1 rings (SSSR count). The second kappa shape index (κ2) is 10.7. The molecule has 1 amide bonds. The topological polar surface area (TPSA) is 55.6 Å². The minimum Gasteiger partial charge on any atom is -0.493 e. The minimum atomic E-state index is 0. The van der Waals surface area contributed by atoms with Crippen molar-refractivity contribution in [1.29, 1.82) is 0 Å². The lowest BCUT2D eigenvalue weighted by Crippen LogP contribution is -2.35. The number of carbonyl (C=O) groups excluding carboxylic acids is 1. The number of benzene rings is 1. The molecule has 22 heavy (non-hydrogen) atoms. The Bertz CT molecular complexity index is 438. The van der Waals surface area contributed by atoms with Crippen molar-refractivity contribution in [2.45, 2.75) is 32.7 Å². The molecule has 0 saturated heterocycles. The van der Waals surface area contributed by atoms with Crippen LogP contribution in [0.1, 0.15) is 26.7 Å². The van der Waals surface area contributed by atoms with Crippen LogP contribution in [0.25, 0.3) is 0 Å². The molecule has 1 aromatic carbocycles. The summed E-state index contributed by atoms with van der Waals surface area (Å²) >= 11 is 5.79. The fourth-order valence-electron chi connectivity index (χ4n) is 1.78. The summed E-state index contributed by atoms with van der Waals surface area (Å²) in [5.74, 6) is 1.22. The van der Waals surface area contributed by atoms with Crippen molar-refractivity contribution in [3.05, 3.63) is 29.3 Å². The summed E-state index contributed by atoms with van der Waals surface area (Å²) in [6.45, 7) is 5.22. The predicted octanol–water partition coefficient (Wildman–Crippen LogP) is 3.36. The molecule has 0 saturated carbocycles. The van der Waals surface area contributed by atoms with Crippen molar-refractivity contribution in [1.82, 2.24) is 4.90 Å². The van der Waals surface area contributed by atoms with Crippen molar-refractivity contribution in [2.24, 2.45) is 11.7 Å². The van der Waals surface area contributed by atoms with E-state index in [2.05, 4.69) is 13.8 Å². The van der Waals surface area contributed by atoms with Gasteiger partial charge in [-0.05, 0) is 36.6 Å². The molecule has 1 atom stereocenters. The zero-order chi connectivity index (χ0) is 15.8. The van der Waals surface area contributed by atoms with Crippen molar-refractivity contribution < 1.29 is 9.53 Å². The molecule has 0 bridgehead atoms. The highest BCUT2D eigenvalue weighted by Gasteiger charge is 2.12. The Morgan fingerprint density at radius 3 is 2.45 bits per heavy atom. The van der Waals surface area contributed by atoms with Crippen LogP contribution in [0.2, 0.25) is 5.02 Å². The molecule has 0 radical (unpaired) electrons. The van der Waals surface area contributed by atoms with E-state index >= 15 is 0 Å². The fourth-order valence-corrected chi connectivity index (χ4v) is 1.90. The maximum absolute atomic E-state index is 12.0. The number of carbonyl (C=O) groups is 1. The van der Waals surface area contributed by atoms with Gasteiger partial charge in [-0.15, -0.1) is 12.4 Å². The van der Waals surface area contributed by atoms with Crippen LogP contribution >= 0.6 is 24.0 Å². The van der Waals surface area contributed by atoms with E-state index in [1.165, 1.54) is 0 Å². The summed E-state index contributed by atoms with van der Waals surface area (Å²) in [6.07, 6.45) is 1.17. The Labute approximate surface area is 144 Å². The zero-order valence-corrected chi connectivity index (χ0v) is 15.0. The van der Waals surface area contributed by atoms with Crippen molar-refractivity contribution >= 4 is 29.9 Å². The van der Waals surface area contributed by atoms with E-state index < -0.39 is 0 Å². The number of halogens is 2. The number of ether oxygens (including phenoxy) is 1. The largest absolute Gasteiger partial charge is 0.493 e. The van der Waals surface area contributed by atoms with E-state index in [-0.39, 0.29) is 24.4 Å². The van der Waals surface area contributed by atoms with Crippen LogP contribution in [0.15, 0.2) is 24.3 Å². The van der Waals surface area contributed by atoms with E-state index in [1.54, 1.807) is 36.2 Å². The summed E-state index contributed by atoms with van der Waals surface area (Å²) in [6, 6.07) is 7.23. The molecule has 2 N–H and O–H groups in total. The van der Waals surface area contributed by atoms with Crippen LogP contribution in [-0.4, -0.2) is 37.0 Å². The number of nitrogens with zero attached hydrogens (tertiary/aromatic N) is 1. The smallest absolute Gasteiger partial charge is 0.225 e. The third-order valence-electron chi connectivity index (χ3n) is 3.48. The van der Waals surface area contributed by atoms with E-state index in [0.717, 1.165) is 12.2 Å². The Hall–Kier alpha value is -0.970. The maximum Gasteiger partial charge on any atom is 0.225 e. The van der Waals surface area contributed by atoms with Crippen LogP contribution < -0.4 is 10.5 Å². The molecule has 6 heteroatoms. The molecule has 0 heterocycles. The molecule has 0 aliphatic heterocycles. The monoisotopic (exact) mass is 348 g/mol. The molecule has 0 aromatic heterocycles. The van der Waals surface area contributed by atoms with Gasteiger partial charge in [-0.3, -0.25) is 4.79 Å². The molecule has 0 aliphatic carbocycles. The van der Waals surface area contributed by atoms with Gasteiger partial charge >= 0.3 is 0 Å². The van der Waals surface area contributed by atoms with Crippen LogP contribution in [0.3, 0.4) is 0 Å². The first kappa shape index (κ1) is 21.0. The number of nitrogens with two attached hydrogens (primary N) is 1. The van der Waals surface area contributed by atoms with Gasteiger partial charge in [0.05, 0.1) is 13.0 Å².